The number of carbonyl (C=O) groups is 1. The van der Waals surface area contributed by atoms with Crippen LogP contribution in [0.2, 0.25) is 0 Å². The van der Waals surface area contributed by atoms with E-state index in [0.29, 0.717) is 12.8 Å². The van der Waals surface area contributed by atoms with Crippen molar-refractivity contribution in [1.82, 2.24) is 5.16 Å². The van der Waals surface area contributed by atoms with E-state index < -0.39 is 0 Å². The highest BCUT2D eigenvalue weighted by Gasteiger charge is 2.11. The summed E-state index contributed by atoms with van der Waals surface area (Å²) in [5.41, 5.74) is 4.64. The zero-order valence-electron chi connectivity index (χ0n) is 14.4. The number of nitrogens with one attached hydrogen (secondary N) is 2. The summed E-state index contributed by atoms with van der Waals surface area (Å²) in [6, 6.07) is 17.6. The molecule has 0 aliphatic rings. The molecular weight excluding hydrogens is 314 g/mol. The molecular formula is C20H21N3O2. The fourth-order valence-corrected chi connectivity index (χ4v) is 2.65. The predicted molar refractivity (Wildman–Crippen MR) is 99.1 cm³/mol. The van der Waals surface area contributed by atoms with Gasteiger partial charge in [0.1, 0.15) is 5.76 Å². The Labute approximate surface area is 147 Å². The Kier molecular flexibility index (Phi) is 5.14. The number of benzene rings is 2. The van der Waals surface area contributed by atoms with Gasteiger partial charge in [-0.05, 0) is 56.7 Å². The third-order valence-corrected chi connectivity index (χ3v) is 4.01. The fraction of sp³-hybridized carbons (Fsp3) is 0.200. The largest absolute Gasteiger partial charge is 0.361 e. The highest BCUT2D eigenvalue weighted by atomic mass is 16.5. The van der Waals surface area contributed by atoms with Gasteiger partial charge < -0.3 is 15.2 Å². The van der Waals surface area contributed by atoms with Crippen LogP contribution < -0.4 is 10.6 Å². The SMILES string of the molecule is Cc1noc(C)c1CCC(=O)Nc1ccc(Nc2ccccc2)cc1. The Balaban J connectivity index is 1.53. The molecule has 1 heterocycles. The molecule has 0 saturated heterocycles. The zero-order chi connectivity index (χ0) is 17.6. The smallest absolute Gasteiger partial charge is 0.224 e. The van der Waals surface area contributed by atoms with Crippen LogP contribution in [0.15, 0.2) is 59.1 Å². The van der Waals surface area contributed by atoms with Crippen molar-refractivity contribution < 1.29 is 9.32 Å². The molecule has 0 fully saturated rings. The lowest BCUT2D eigenvalue weighted by Crippen LogP contribution is -2.12. The van der Waals surface area contributed by atoms with E-state index in [0.717, 1.165) is 34.1 Å². The number of carbonyl (C=O) groups excluding carboxylic acids is 1. The minimum atomic E-state index is -0.0243. The lowest BCUT2D eigenvalue weighted by atomic mass is 10.1. The van der Waals surface area contributed by atoms with Crippen molar-refractivity contribution >= 4 is 23.0 Å². The van der Waals surface area contributed by atoms with E-state index in [1.807, 2.05) is 68.4 Å². The van der Waals surface area contributed by atoms with Crippen LogP contribution in [-0.4, -0.2) is 11.1 Å². The third kappa shape index (κ3) is 4.47. The van der Waals surface area contributed by atoms with Gasteiger partial charge in [0.25, 0.3) is 0 Å². The van der Waals surface area contributed by atoms with E-state index in [4.69, 9.17) is 4.52 Å². The van der Waals surface area contributed by atoms with E-state index in [1.54, 1.807) is 0 Å². The van der Waals surface area contributed by atoms with Gasteiger partial charge in [-0.15, -0.1) is 0 Å². The summed E-state index contributed by atoms with van der Waals surface area (Å²) in [4.78, 5) is 12.1. The van der Waals surface area contributed by atoms with Crippen LogP contribution in [0.5, 0.6) is 0 Å². The van der Waals surface area contributed by atoms with Crippen molar-refractivity contribution in [3.05, 3.63) is 71.6 Å². The maximum Gasteiger partial charge on any atom is 0.224 e. The Hall–Kier alpha value is -3.08. The molecule has 2 N–H and O–H groups in total. The molecule has 1 amide bonds. The zero-order valence-corrected chi connectivity index (χ0v) is 14.4. The maximum atomic E-state index is 12.1. The Morgan fingerprint density at radius 2 is 1.60 bits per heavy atom. The summed E-state index contributed by atoms with van der Waals surface area (Å²) in [5.74, 6) is 0.755. The molecule has 128 valence electrons. The maximum absolute atomic E-state index is 12.1. The summed E-state index contributed by atoms with van der Waals surface area (Å²) in [6.45, 7) is 3.76. The third-order valence-electron chi connectivity index (χ3n) is 4.01. The monoisotopic (exact) mass is 335 g/mol. The second-order valence-electron chi connectivity index (χ2n) is 5.92. The second kappa shape index (κ2) is 7.66. The number of hydrogen-bond acceptors (Lipinski definition) is 4. The lowest BCUT2D eigenvalue weighted by Gasteiger charge is -2.08. The second-order valence-corrected chi connectivity index (χ2v) is 5.92. The van der Waals surface area contributed by atoms with Gasteiger partial charge in [-0.3, -0.25) is 4.79 Å². The molecule has 2 aromatic carbocycles. The predicted octanol–water partition coefficient (Wildman–Crippen LogP) is 4.61. The number of anilines is 3. The van der Waals surface area contributed by atoms with E-state index >= 15 is 0 Å². The van der Waals surface area contributed by atoms with E-state index in [1.165, 1.54) is 0 Å². The van der Waals surface area contributed by atoms with Crippen molar-refractivity contribution in [2.24, 2.45) is 0 Å². The molecule has 1 aromatic heterocycles. The normalized spacial score (nSPS) is 10.5. The van der Waals surface area contributed by atoms with Gasteiger partial charge in [0.15, 0.2) is 0 Å². The first-order chi connectivity index (χ1) is 12.1. The number of hydrogen-bond donors (Lipinski definition) is 2. The number of para-hydroxylation sites is 1. The molecule has 0 atom stereocenters. The van der Waals surface area contributed by atoms with Gasteiger partial charge >= 0.3 is 0 Å². The molecule has 5 nitrogen and oxygen atoms in total. The van der Waals surface area contributed by atoms with Gasteiger partial charge in [0, 0.05) is 29.0 Å². The standard InChI is InChI=1S/C20H21N3O2/c1-14-19(15(2)25-23-14)12-13-20(24)22-18-10-8-17(9-11-18)21-16-6-4-3-5-7-16/h3-11,21H,12-13H2,1-2H3,(H,22,24). The molecule has 0 spiro atoms. The van der Waals surface area contributed by atoms with Crippen LogP contribution in [0, 0.1) is 13.8 Å². The molecule has 0 bridgehead atoms. The molecule has 0 aliphatic carbocycles. The summed E-state index contributed by atoms with van der Waals surface area (Å²) in [7, 11) is 0. The Morgan fingerprint density at radius 1 is 0.960 bits per heavy atom. The van der Waals surface area contributed by atoms with E-state index in [-0.39, 0.29) is 5.91 Å². The average molecular weight is 335 g/mol. The van der Waals surface area contributed by atoms with Crippen LogP contribution in [0.3, 0.4) is 0 Å². The van der Waals surface area contributed by atoms with Crippen LogP contribution >= 0.6 is 0 Å². The molecule has 0 unspecified atom stereocenters. The number of aryl methyl sites for hydroxylation is 2. The van der Waals surface area contributed by atoms with Crippen LogP contribution in [0.1, 0.15) is 23.4 Å². The summed E-state index contributed by atoms with van der Waals surface area (Å²) < 4.78 is 5.12. The van der Waals surface area contributed by atoms with Crippen molar-refractivity contribution in [1.29, 1.82) is 0 Å². The highest BCUT2D eigenvalue weighted by molar-refractivity contribution is 5.91. The molecule has 0 aliphatic heterocycles. The van der Waals surface area contributed by atoms with Crippen molar-refractivity contribution in [2.45, 2.75) is 26.7 Å². The average Bonchev–Trinajstić information content (AvgIpc) is 2.94. The van der Waals surface area contributed by atoms with Crippen LogP contribution in [-0.2, 0) is 11.2 Å². The van der Waals surface area contributed by atoms with Gasteiger partial charge in [-0.1, -0.05) is 23.4 Å². The Morgan fingerprint density at radius 3 is 2.24 bits per heavy atom. The molecule has 0 radical (unpaired) electrons. The van der Waals surface area contributed by atoms with Gasteiger partial charge in [0.05, 0.1) is 5.69 Å². The van der Waals surface area contributed by atoms with Crippen molar-refractivity contribution in [3.8, 4) is 0 Å². The molecule has 5 heteroatoms. The quantitative estimate of drug-likeness (QED) is 0.690. The van der Waals surface area contributed by atoms with E-state index in [2.05, 4.69) is 15.8 Å². The first kappa shape index (κ1) is 16.8. The lowest BCUT2D eigenvalue weighted by molar-refractivity contribution is -0.116. The first-order valence-electron chi connectivity index (χ1n) is 8.25. The first-order valence-corrected chi connectivity index (χ1v) is 8.25. The molecule has 3 rings (SSSR count). The highest BCUT2D eigenvalue weighted by Crippen LogP contribution is 2.19. The van der Waals surface area contributed by atoms with Crippen LogP contribution in [0.25, 0.3) is 0 Å². The minimum Gasteiger partial charge on any atom is -0.361 e. The van der Waals surface area contributed by atoms with Crippen molar-refractivity contribution in [2.75, 3.05) is 10.6 Å². The topological polar surface area (TPSA) is 67.2 Å². The van der Waals surface area contributed by atoms with Crippen LogP contribution in [0.4, 0.5) is 17.1 Å². The van der Waals surface area contributed by atoms with Gasteiger partial charge in [-0.25, -0.2) is 0 Å². The number of nitrogens with zero attached hydrogens (tertiary/aromatic N) is 1. The number of amides is 1. The summed E-state index contributed by atoms with van der Waals surface area (Å²) in [5, 5.41) is 10.1. The number of rotatable bonds is 6. The minimum absolute atomic E-state index is 0.0243. The number of aromatic nitrogens is 1. The summed E-state index contributed by atoms with van der Waals surface area (Å²) in [6.07, 6.45) is 1.02. The molecule has 0 saturated carbocycles. The molecule has 25 heavy (non-hydrogen) atoms. The van der Waals surface area contributed by atoms with Crippen molar-refractivity contribution in [3.63, 3.8) is 0 Å². The molecule has 3 aromatic rings. The summed E-state index contributed by atoms with van der Waals surface area (Å²) >= 11 is 0. The van der Waals surface area contributed by atoms with Gasteiger partial charge in [0.2, 0.25) is 5.91 Å². The fourth-order valence-electron chi connectivity index (χ4n) is 2.65. The van der Waals surface area contributed by atoms with E-state index in [9.17, 15) is 4.79 Å². The Bertz CT molecular complexity index is 820. The van der Waals surface area contributed by atoms with Gasteiger partial charge in [-0.2, -0.15) is 0 Å².